The second-order valence-corrected chi connectivity index (χ2v) is 10.5. The van der Waals surface area contributed by atoms with Gasteiger partial charge in [-0.3, -0.25) is 9.59 Å². The van der Waals surface area contributed by atoms with Gasteiger partial charge in [-0.2, -0.15) is 4.31 Å². The summed E-state index contributed by atoms with van der Waals surface area (Å²) in [6.45, 7) is 2.74. The number of rotatable bonds is 6. The molecule has 1 unspecified atom stereocenters. The van der Waals surface area contributed by atoms with Gasteiger partial charge in [0.05, 0.1) is 4.90 Å². The second-order valence-electron chi connectivity index (χ2n) is 8.58. The van der Waals surface area contributed by atoms with Crippen molar-refractivity contribution >= 4 is 27.5 Å². The zero-order valence-corrected chi connectivity index (χ0v) is 19.6. The van der Waals surface area contributed by atoms with Crippen molar-refractivity contribution in [1.29, 1.82) is 0 Å². The van der Waals surface area contributed by atoms with Gasteiger partial charge in [0.15, 0.2) is 0 Å². The molecule has 2 aliphatic rings. The Kier molecular flexibility index (Phi) is 7.11. The van der Waals surface area contributed by atoms with Crippen LogP contribution in [0.25, 0.3) is 0 Å². The molecule has 176 valence electrons. The molecule has 2 fully saturated rings. The quantitative estimate of drug-likeness (QED) is 0.700. The molecule has 0 saturated carbocycles. The maximum Gasteiger partial charge on any atom is 0.251 e. The largest absolute Gasteiger partial charge is 0.327 e. The molecule has 0 bridgehead atoms. The number of hydrogen-bond acceptors (Lipinski definition) is 5. The summed E-state index contributed by atoms with van der Waals surface area (Å²) in [7, 11) is -1.69. The van der Waals surface area contributed by atoms with E-state index in [1.54, 1.807) is 23.1 Å². The van der Waals surface area contributed by atoms with Crippen LogP contribution in [0.1, 0.15) is 30.9 Å². The number of carbonyl (C=O) groups excluding carboxylic acids is 2. The number of amides is 2. The summed E-state index contributed by atoms with van der Waals surface area (Å²) in [4.78, 5) is 29.9. The van der Waals surface area contributed by atoms with Crippen molar-refractivity contribution in [2.24, 2.45) is 0 Å². The van der Waals surface area contributed by atoms with Gasteiger partial charge in [-0.15, -0.1) is 0 Å². The summed E-state index contributed by atoms with van der Waals surface area (Å²) in [5.41, 5.74) is 1.12. The molecule has 1 atom stereocenters. The minimum absolute atomic E-state index is 0.0448. The van der Waals surface area contributed by atoms with E-state index < -0.39 is 16.1 Å². The van der Waals surface area contributed by atoms with Crippen LogP contribution in [0.15, 0.2) is 59.5 Å². The highest BCUT2D eigenvalue weighted by Gasteiger charge is 2.33. The van der Waals surface area contributed by atoms with E-state index in [-0.39, 0.29) is 16.7 Å². The second kappa shape index (κ2) is 10.0. The van der Waals surface area contributed by atoms with E-state index in [1.807, 2.05) is 37.4 Å². The van der Waals surface area contributed by atoms with Crippen LogP contribution in [0, 0.1) is 0 Å². The average Bonchev–Trinajstić information content (AvgIpc) is 2.82. The number of likely N-dealkylation sites (tertiary alicyclic amines) is 1. The monoisotopic (exact) mass is 470 g/mol. The molecule has 9 heteroatoms. The Labute approximate surface area is 195 Å². The van der Waals surface area contributed by atoms with Gasteiger partial charge in [0, 0.05) is 44.8 Å². The number of hydrogen-bond donors (Lipinski definition) is 1. The van der Waals surface area contributed by atoms with E-state index in [9.17, 15) is 18.0 Å². The van der Waals surface area contributed by atoms with Gasteiger partial charge in [-0.1, -0.05) is 36.4 Å². The maximum atomic E-state index is 13.4. The highest BCUT2D eigenvalue weighted by Crippen LogP contribution is 2.28. The highest BCUT2D eigenvalue weighted by molar-refractivity contribution is 7.89. The minimum atomic E-state index is -3.65. The minimum Gasteiger partial charge on any atom is -0.327 e. The molecule has 0 aromatic heterocycles. The van der Waals surface area contributed by atoms with Crippen molar-refractivity contribution in [2.75, 3.05) is 45.1 Å². The number of sulfonamides is 1. The van der Waals surface area contributed by atoms with E-state index in [1.165, 1.54) is 10.4 Å². The fourth-order valence-electron chi connectivity index (χ4n) is 4.33. The molecule has 2 heterocycles. The molecular formula is C24H30N4O4S. The topological polar surface area (TPSA) is 90.0 Å². The maximum absolute atomic E-state index is 13.4. The Morgan fingerprint density at radius 1 is 0.939 bits per heavy atom. The summed E-state index contributed by atoms with van der Waals surface area (Å²) in [6, 6.07) is 14.8. The number of piperidine rings is 1. The number of piperazine rings is 1. The molecule has 33 heavy (non-hydrogen) atoms. The van der Waals surface area contributed by atoms with Crippen LogP contribution in [-0.4, -0.2) is 74.1 Å². The van der Waals surface area contributed by atoms with Crippen LogP contribution in [0.3, 0.4) is 0 Å². The van der Waals surface area contributed by atoms with Crippen molar-refractivity contribution in [3.05, 3.63) is 60.2 Å². The first kappa shape index (κ1) is 23.4. The van der Waals surface area contributed by atoms with Gasteiger partial charge >= 0.3 is 0 Å². The Balaban J connectivity index is 1.57. The zero-order valence-electron chi connectivity index (χ0n) is 18.8. The lowest BCUT2D eigenvalue weighted by atomic mass is 10.0. The molecule has 2 aromatic carbocycles. The van der Waals surface area contributed by atoms with Crippen LogP contribution in [0.2, 0.25) is 0 Å². The molecule has 2 saturated heterocycles. The number of nitrogens with zero attached hydrogens (tertiary/aromatic N) is 3. The first-order valence-electron chi connectivity index (χ1n) is 11.3. The highest BCUT2D eigenvalue weighted by atomic mass is 32.2. The van der Waals surface area contributed by atoms with E-state index in [0.29, 0.717) is 44.8 Å². The predicted molar refractivity (Wildman–Crippen MR) is 126 cm³/mol. The van der Waals surface area contributed by atoms with Crippen molar-refractivity contribution < 1.29 is 18.0 Å². The fourth-order valence-corrected chi connectivity index (χ4v) is 5.80. The van der Waals surface area contributed by atoms with Crippen molar-refractivity contribution in [3.63, 3.8) is 0 Å². The molecular weight excluding hydrogens is 440 g/mol. The normalized spacial score (nSPS) is 19.3. The fraction of sp³-hybridized carbons (Fsp3) is 0.417. The molecule has 1 N–H and O–H groups in total. The molecule has 2 aliphatic heterocycles. The van der Waals surface area contributed by atoms with Gasteiger partial charge in [0.2, 0.25) is 15.9 Å². The zero-order chi connectivity index (χ0) is 23.4. The molecule has 2 amide bonds. The number of likely N-dealkylation sites (N-methyl/N-ethyl adjacent to an activating group) is 1. The average molecular weight is 471 g/mol. The predicted octanol–water partition coefficient (Wildman–Crippen LogP) is 2.31. The Morgan fingerprint density at radius 3 is 2.36 bits per heavy atom. The van der Waals surface area contributed by atoms with Crippen LogP contribution < -0.4 is 5.32 Å². The summed E-state index contributed by atoms with van der Waals surface area (Å²) in [5.74, 6) is -0.401. The Bertz CT molecular complexity index is 1100. The molecule has 4 rings (SSSR count). The van der Waals surface area contributed by atoms with Crippen LogP contribution >= 0.6 is 0 Å². The third-order valence-corrected chi connectivity index (χ3v) is 8.13. The summed E-state index contributed by atoms with van der Waals surface area (Å²) in [6.07, 6.45) is 2.10. The molecule has 8 nitrogen and oxygen atoms in total. The summed E-state index contributed by atoms with van der Waals surface area (Å²) in [5, 5.41) is 2.86. The van der Waals surface area contributed by atoms with Crippen molar-refractivity contribution in [1.82, 2.24) is 14.1 Å². The first-order valence-corrected chi connectivity index (χ1v) is 12.7. The van der Waals surface area contributed by atoms with E-state index >= 15 is 0 Å². The summed E-state index contributed by atoms with van der Waals surface area (Å²) >= 11 is 0. The number of benzene rings is 2. The molecule has 2 aromatic rings. The number of nitrogens with one attached hydrogen (secondary N) is 1. The standard InChI is InChI=1S/C24H30N4O4S/c1-26-14-16-27(17-15-26)33(31,32)21-11-7-10-20(18-21)25-24(30)23(19-8-3-2-4-9-19)28-13-6-5-12-22(28)29/h2-4,7-11,18,23H,5-6,12-17H2,1H3,(H,25,30). The Hall–Kier alpha value is -2.75. The lowest BCUT2D eigenvalue weighted by Crippen LogP contribution is -2.47. The number of anilines is 1. The van der Waals surface area contributed by atoms with E-state index in [4.69, 9.17) is 0 Å². The first-order chi connectivity index (χ1) is 15.9. The van der Waals surface area contributed by atoms with E-state index in [2.05, 4.69) is 10.2 Å². The van der Waals surface area contributed by atoms with Gasteiger partial charge in [0.1, 0.15) is 6.04 Å². The van der Waals surface area contributed by atoms with E-state index in [0.717, 1.165) is 18.4 Å². The van der Waals surface area contributed by atoms with Gasteiger partial charge in [-0.05, 0) is 43.7 Å². The SMILES string of the molecule is CN1CCN(S(=O)(=O)c2cccc(NC(=O)C(c3ccccc3)N3CCCCC3=O)c2)CC1. The molecule has 0 aliphatic carbocycles. The lowest BCUT2D eigenvalue weighted by Gasteiger charge is -2.34. The summed E-state index contributed by atoms with van der Waals surface area (Å²) < 4.78 is 27.7. The third kappa shape index (κ3) is 5.26. The van der Waals surface area contributed by atoms with Crippen LogP contribution in [0.5, 0.6) is 0 Å². The molecule has 0 radical (unpaired) electrons. The Morgan fingerprint density at radius 2 is 1.67 bits per heavy atom. The van der Waals surface area contributed by atoms with Crippen molar-refractivity contribution in [3.8, 4) is 0 Å². The van der Waals surface area contributed by atoms with Gasteiger partial charge in [-0.25, -0.2) is 8.42 Å². The lowest BCUT2D eigenvalue weighted by molar-refractivity contribution is -0.141. The van der Waals surface area contributed by atoms with Crippen molar-refractivity contribution in [2.45, 2.75) is 30.2 Å². The molecule has 0 spiro atoms. The van der Waals surface area contributed by atoms with Gasteiger partial charge < -0.3 is 15.1 Å². The van der Waals surface area contributed by atoms with Gasteiger partial charge in [0.25, 0.3) is 5.91 Å². The third-order valence-electron chi connectivity index (χ3n) is 6.24. The number of carbonyl (C=O) groups is 2. The van der Waals surface area contributed by atoms with Crippen LogP contribution in [0.4, 0.5) is 5.69 Å². The van der Waals surface area contributed by atoms with Crippen LogP contribution in [-0.2, 0) is 19.6 Å². The smallest absolute Gasteiger partial charge is 0.251 e.